The second kappa shape index (κ2) is 27.6. The van der Waals surface area contributed by atoms with E-state index in [1.165, 1.54) is 12.5 Å². The molecule has 7 amide bonds. The molecule has 24 nitrogen and oxygen atoms in total. The first kappa shape index (κ1) is 55.1. The monoisotopic (exact) mass is 1000 g/mol. The number of fused-ring (bicyclic) bond motifs is 1. The van der Waals surface area contributed by atoms with Crippen molar-refractivity contribution in [2.45, 2.75) is 94.5 Å². The quantitative estimate of drug-likeness (QED) is 0.0102. The zero-order valence-corrected chi connectivity index (χ0v) is 40.5. The molecule has 0 saturated carbocycles. The highest BCUT2D eigenvalue weighted by Gasteiger charge is 2.34. The minimum Gasteiger partial charge on any atom is -0.370 e. The van der Waals surface area contributed by atoms with Crippen molar-refractivity contribution in [2.24, 2.45) is 38.7 Å². The number of primary amides is 1. The summed E-state index contributed by atoms with van der Waals surface area (Å²) in [6.07, 6.45) is 8.77. The summed E-state index contributed by atoms with van der Waals surface area (Å²) in [5.74, 6) is -4.87. The molecular formula is C49H65N17O7. The number of rotatable bonds is 28. The van der Waals surface area contributed by atoms with Crippen LogP contribution in [0.3, 0.4) is 0 Å². The van der Waals surface area contributed by atoms with E-state index < -0.39 is 71.7 Å². The van der Waals surface area contributed by atoms with Gasteiger partial charge >= 0.3 is 0 Å². The average Bonchev–Trinajstić information content (AvgIpc) is 4.13. The van der Waals surface area contributed by atoms with Crippen molar-refractivity contribution in [3.63, 3.8) is 0 Å². The largest absolute Gasteiger partial charge is 0.370 e. The molecule has 2 aromatic carbocycles. The summed E-state index contributed by atoms with van der Waals surface area (Å²) in [7, 11) is 0. The molecule has 5 aromatic rings. The number of carbonyl (C=O) groups is 7. The lowest BCUT2D eigenvalue weighted by Crippen LogP contribution is -2.60. The van der Waals surface area contributed by atoms with Gasteiger partial charge in [0.15, 0.2) is 11.9 Å². The normalized spacial score (nSPS) is 14.1. The Balaban J connectivity index is 1.47. The predicted octanol–water partition coefficient (Wildman–Crippen LogP) is -3.17. The van der Waals surface area contributed by atoms with Gasteiger partial charge in [-0.1, -0.05) is 61.2 Å². The molecule has 0 radical (unpaired) electrons. The number of benzene rings is 2. The molecule has 0 saturated heterocycles. The van der Waals surface area contributed by atoms with Gasteiger partial charge in [-0.3, -0.25) is 48.9 Å². The average molecular weight is 1000 g/mol. The Labute approximate surface area is 420 Å². The highest BCUT2D eigenvalue weighted by atomic mass is 16.2. The van der Waals surface area contributed by atoms with Crippen molar-refractivity contribution in [1.82, 2.24) is 51.8 Å². The van der Waals surface area contributed by atoms with E-state index in [-0.39, 0.29) is 76.4 Å². The zero-order chi connectivity index (χ0) is 52.9. The topological polar surface area (TPSA) is 407 Å². The number of amides is 7. The Kier molecular flexibility index (Phi) is 20.8. The van der Waals surface area contributed by atoms with Gasteiger partial charge in [0, 0.05) is 72.9 Å². The number of nitrogens with two attached hydrogens (primary N) is 5. The molecular weight excluding hydrogens is 939 g/mol. The number of nitrogens with zero attached hydrogens (tertiary/aromatic N) is 3. The van der Waals surface area contributed by atoms with Gasteiger partial charge in [0.2, 0.25) is 41.9 Å². The second-order valence-corrected chi connectivity index (χ2v) is 17.2. The summed E-state index contributed by atoms with van der Waals surface area (Å²) < 4.78 is 0. The van der Waals surface area contributed by atoms with Crippen LogP contribution < -0.4 is 71.1 Å². The Morgan fingerprint density at radius 3 is 1.85 bits per heavy atom. The number of para-hydroxylation sites is 1. The van der Waals surface area contributed by atoms with Crippen LogP contribution in [-0.4, -0.2) is 123 Å². The first-order valence-corrected chi connectivity index (χ1v) is 23.6. The zero-order valence-electron chi connectivity index (χ0n) is 40.5. The minimum atomic E-state index is -1.39. The van der Waals surface area contributed by atoms with Crippen molar-refractivity contribution in [2.75, 3.05) is 13.1 Å². The van der Waals surface area contributed by atoms with Crippen LogP contribution >= 0.6 is 0 Å². The molecule has 388 valence electrons. The number of hydrogen-bond acceptors (Lipinski definition) is 11. The first-order valence-electron chi connectivity index (χ1n) is 23.6. The summed E-state index contributed by atoms with van der Waals surface area (Å²) in [6, 6.07) is 8.84. The number of carbonyl (C=O) groups excluding carboxylic acids is 7. The number of aliphatic imine (C=N–C) groups is 2. The highest BCUT2D eigenvalue weighted by molar-refractivity contribution is 5.97. The number of aromatic amines is 3. The molecule has 0 bridgehead atoms. The van der Waals surface area contributed by atoms with Gasteiger partial charge in [0.05, 0.1) is 12.4 Å². The number of aromatic nitrogens is 4. The molecule has 6 atom stereocenters. The lowest BCUT2D eigenvalue weighted by molar-refractivity contribution is -0.135. The molecule has 3 aromatic heterocycles. The Hall–Kier alpha value is -8.80. The van der Waals surface area contributed by atoms with Gasteiger partial charge in [0.25, 0.3) is 0 Å². The fourth-order valence-electron chi connectivity index (χ4n) is 8.02. The maximum absolute atomic E-state index is 14.9. The summed E-state index contributed by atoms with van der Waals surface area (Å²) in [6.45, 7) is 6.05. The van der Waals surface area contributed by atoms with Crippen LogP contribution in [0.4, 0.5) is 0 Å². The fourth-order valence-corrected chi connectivity index (χ4v) is 8.02. The van der Waals surface area contributed by atoms with Gasteiger partial charge in [0.1, 0.15) is 30.2 Å². The smallest absolute Gasteiger partial charge is 0.243 e. The lowest BCUT2D eigenvalue weighted by Gasteiger charge is -2.27. The van der Waals surface area contributed by atoms with E-state index in [1.807, 2.05) is 54.6 Å². The Morgan fingerprint density at radius 2 is 1.23 bits per heavy atom. The van der Waals surface area contributed by atoms with Gasteiger partial charge in [-0.25, -0.2) is 4.98 Å². The van der Waals surface area contributed by atoms with Crippen LogP contribution in [0.15, 0.2) is 89.5 Å². The van der Waals surface area contributed by atoms with Gasteiger partial charge in [-0.05, 0) is 67.0 Å². The van der Waals surface area contributed by atoms with Crippen molar-refractivity contribution in [3.8, 4) is 0 Å². The van der Waals surface area contributed by atoms with Crippen molar-refractivity contribution in [1.29, 1.82) is 0 Å². The summed E-state index contributed by atoms with van der Waals surface area (Å²) in [5, 5.41) is 18.0. The number of hydrogen-bond donors (Lipinski definition) is 14. The Bertz CT molecular complexity index is 2840. The standard InChI is InChI=1S/C49H65N17O7/c1-3-33-28(2)58-23-30(33)20-39(64-44(70)38(16-10-18-57-49(54)61-27-67)63-43(69)35(50)19-29-11-5-4-6-12-29)45(71)65-40(21-31-24-59-36-14-8-7-13-34(31)36)46(72)66-41(22-32-25-55-26-60-32)47(73)62-37(42(51)68)15-9-17-56-48(52)53/h3-8,11-14,23-27,35,37-41,58-59H,2,9-10,15-22,50H2,1H3,(H2,51,68)(H,55,60)(H,62,73)(H,63,69)(H,64,70)(H,65,71)(H,66,72)(H4,52,53,56)(H3,54,57,61,67)/b33-3+/t35-,37-,38-,39-,40-,41-/m0/s1. The van der Waals surface area contributed by atoms with Gasteiger partial charge in [-0.2, -0.15) is 0 Å². The fraction of sp³-hybridized carbons (Fsp3) is 0.347. The van der Waals surface area contributed by atoms with Crippen LogP contribution in [-0.2, 0) is 59.2 Å². The molecule has 0 fully saturated rings. The summed E-state index contributed by atoms with van der Waals surface area (Å²) >= 11 is 0. The van der Waals surface area contributed by atoms with E-state index in [0.29, 0.717) is 33.8 Å². The van der Waals surface area contributed by atoms with Crippen LogP contribution in [0.2, 0.25) is 0 Å². The second-order valence-electron chi connectivity index (χ2n) is 17.2. The van der Waals surface area contributed by atoms with Crippen LogP contribution in [0.5, 0.6) is 0 Å². The van der Waals surface area contributed by atoms with Crippen molar-refractivity contribution >= 4 is 77.3 Å². The third kappa shape index (κ3) is 16.9. The molecule has 0 aliphatic rings. The number of H-pyrrole nitrogens is 3. The van der Waals surface area contributed by atoms with E-state index in [4.69, 9.17) is 28.7 Å². The Morgan fingerprint density at radius 1 is 0.671 bits per heavy atom. The first-order chi connectivity index (χ1) is 35.1. The van der Waals surface area contributed by atoms with Gasteiger partial charge in [-0.15, -0.1) is 0 Å². The summed E-state index contributed by atoms with van der Waals surface area (Å²) in [4.78, 5) is 116. The van der Waals surface area contributed by atoms with E-state index in [2.05, 4.69) is 68.4 Å². The van der Waals surface area contributed by atoms with Crippen LogP contribution in [0, 0.1) is 0 Å². The molecule has 0 aliphatic carbocycles. The minimum absolute atomic E-state index is 0.00126. The number of guanidine groups is 2. The van der Waals surface area contributed by atoms with E-state index in [0.717, 1.165) is 16.5 Å². The third-order valence-corrected chi connectivity index (χ3v) is 11.8. The molecule has 0 spiro atoms. The molecule has 73 heavy (non-hydrogen) atoms. The maximum atomic E-state index is 14.9. The number of imidazole rings is 1. The lowest BCUT2D eigenvalue weighted by atomic mass is 10.0. The highest BCUT2D eigenvalue weighted by Crippen LogP contribution is 2.20. The number of nitrogens with one attached hydrogen (secondary N) is 9. The molecule has 0 aliphatic heterocycles. The van der Waals surface area contributed by atoms with Crippen molar-refractivity contribution < 1.29 is 33.6 Å². The van der Waals surface area contributed by atoms with Gasteiger partial charge < -0.3 is 70.2 Å². The molecule has 3 heterocycles. The predicted molar refractivity (Wildman–Crippen MR) is 276 cm³/mol. The SMILES string of the molecule is C=c1[nH]cc(C[C@H](NC(=O)[C@H](CCCN=C(N)NC=O)NC(=O)[C@@H](N)Cc2ccccc2)C(=O)N[C@@H](Cc2c[nH]c3ccccc23)C(=O)N[C@@H](Cc2cnc[nH]2)C(=O)N[C@@H](CCCN=C(N)N)C(N)=O)/c1=C/C. The van der Waals surface area contributed by atoms with E-state index in [1.54, 1.807) is 25.4 Å². The molecule has 24 heteroatoms. The molecule has 19 N–H and O–H groups in total. The van der Waals surface area contributed by atoms with Crippen LogP contribution in [0.25, 0.3) is 23.6 Å². The van der Waals surface area contributed by atoms with Crippen LogP contribution in [0.1, 0.15) is 55.0 Å². The van der Waals surface area contributed by atoms with E-state index >= 15 is 0 Å². The van der Waals surface area contributed by atoms with E-state index in [9.17, 15) is 33.6 Å². The van der Waals surface area contributed by atoms with Crippen molar-refractivity contribution in [3.05, 3.63) is 112 Å². The summed E-state index contributed by atoms with van der Waals surface area (Å²) in [5.41, 5.74) is 31.9. The maximum Gasteiger partial charge on any atom is 0.243 e. The molecule has 0 unspecified atom stereocenters. The third-order valence-electron chi connectivity index (χ3n) is 11.8. The molecule has 5 rings (SSSR count).